The number of hydrogen-bond acceptors (Lipinski definition) is 1. The van der Waals surface area contributed by atoms with E-state index < -0.39 is 0 Å². The van der Waals surface area contributed by atoms with E-state index in [9.17, 15) is 0 Å². The lowest BCUT2D eigenvalue weighted by molar-refractivity contribution is 0.794. The average molecular weight is 265 g/mol. The summed E-state index contributed by atoms with van der Waals surface area (Å²) >= 11 is 0. The lowest BCUT2D eigenvalue weighted by Crippen LogP contribution is -1.90. The summed E-state index contributed by atoms with van der Waals surface area (Å²) in [7, 11) is 0. The summed E-state index contributed by atoms with van der Waals surface area (Å²) in [5.41, 5.74) is 4.89. The fraction of sp³-hybridized carbons (Fsp3) is 0.263. The molecule has 2 rings (SSSR count). The quantitative estimate of drug-likeness (QED) is 0.787. The molecular formula is C19H23N. The van der Waals surface area contributed by atoms with E-state index in [1.165, 1.54) is 29.5 Å². The second-order valence-corrected chi connectivity index (χ2v) is 4.83. The first-order chi connectivity index (χ1) is 9.31. The summed E-state index contributed by atoms with van der Waals surface area (Å²) in [4.78, 5) is 0. The van der Waals surface area contributed by atoms with Crippen LogP contribution in [0.5, 0.6) is 0 Å². The lowest BCUT2D eigenvalue weighted by Gasteiger charge is -2.03. The number of benzene rings is 2. The van der Waals surface area contributed by atoms with Crippen LogP contribution in [0.1, 0.15) is 42.0 Å². The van der Waals surface area contributed by atoms with Crippen LogP contribution in [-0.4, -0.2) is 0 Å². The van der Waals surface area contributed by atoms with Gasteiger partial charge in [0.25, 0.3) is 0 Å². The van der Waals surface area contributed by atoms with Gasteiger partial charge >= 0.3 is 0 Å². The Morgan fingerprint density at radius 2 is 1.45 bits per heavy atom. The van der Waals surface area contributed by atoms with E-state index in [-0.39, 0.29) is 6.15 Å². The Morgan fingerprint density at radius 3 is 2.15 bits per heavy atom. The molecule has 0 bridgehead atoms. The molecule has 20 heavy (non-hydrogen) atoms. The van der Waals surface area contributed by atoms with Crippen LogP contribution in [0, 0.1) is 18.8 Å². The maximum Gasteiger partial charge on any atom is 0.0281 e. The Balaban J connectivity index is 0.00000200. The standard InChI is InChI=1S/C19H20.H3N/c1-3-4-10-18-12-7-8-13-19(18)15-14-17-11-6-5-9-16(17)2;/h5-9,11-13H,3-4,10H2,1-2H3;1H3. The van der Waals surface area contributed by atoms with Crippen molar-refractivity contribution in [3.8, 4) is 11.8 Å². The molecule has 104 valence electrons. The van der Waals surface area contributed by atoms with Gasteiger partial charge in [0.2, 0.25) is 0 Å². The summed E-state index contributed by atoms with van der Waals surface area (Å²) in [6, 6.07) is 16.8. The third kappa shape index (κ3) is 4.26. The SMILES string of the molecule is CCCCc1ccccc1C#Cc1ccccc1C.N. The van der Waals surface area contributed by atoms with E-state index >= 15 is 0 Å². The molecule has 0 fully saturated rings. The summed E-state index contributed by atoms with van der Waals surface area (Å²) in [5.74, 6) is 6.63. The first kappa shape index (κ1) is 16.0. The molecule has 0 spiro atoms. The van der Waals surface area contributed by atoms with Gasteiger partial charge in [0, 0.05) is 11.1 Å². The minimum atomic E-state index is 0. The first-order valence-electron chi connectivity index (χ1n) is 6.97. The van der Waals surface area contributed by atoms with E-state index in [0.717, 1.165) is 12.0 Å². The molecule has 0 aliphatic carbocycles. The van der Waals surface area contributed by atoms with Gasteiger partial charge in [0.1, 0.15) is 0 Å². The molecule has 0 amide bonds. The molecule has 0 saturated heterocycles. The van der Waals surface area contributed by atoms with Gasteiger partial charge in [-0.2, -0.15) is 0 Å². The van der Waals surface area contributed by atoms with Crippen molar-refractivity contribution in [1.82, 2.24) is 6.15 Å². The average Bonchev–Trinajstić information content (AvgIpc) is 2.45. The maximum absolute atomic E-state index is 3.33. The van der Waals surface area contributed by atoms with Crippen molar-refractivity contribution in [2.75, 3.05) is 0 Å². The molecule has 0 heterocycles. The van der Waals surface area contributed by atoms with Crippen LogP contribution in [0.25, 0.3) is 0 Å². The first-order valence-corrected chi connectivity index (χ1v) is 6.97. The van der Waals surface area contributed by atoms with Crippen molar-refractivity contribution in [3.05, 3.63) is 70.8 Å². The van der Waals surface area contributed by atoms with Crippen molar-refractivity contribution in [2.24, 2.45) is 0 Å². The van der Waals surface area contributed by atoms with Crippen LogP contribution >= 0.6 is 0 Å². The second kappa shape index (κ2) is 8.19. The normalized spacial score (nSPS) is 9.30. The van der Waals surface area contributed by atoms with Gasteiger partial charge in [0.05, 0.1) is 0 Å². The van der Waals surface area contributed by atoms with Crippen LogP contribution in [0.15, 0.2) is 48.5 Å². The smallest absolute Gasteiger partial charge is 0.0281 e. The number of unbranched alkanes of at least 4 members (excludes halogenated alkanes) is 1. The highest BCUT2D eigenvalue weighted by atomic mass is 14.0. The fourth-order valence-corrected chi connectivity index (χ4v) is 2.08. The minimum Gasteiger partial charge on any atom is -0.344 e. The molecule has 0 atom stereocenters. The van der Waals surface area contributed by atoms with Crippen molar-refractivity contribution < 1.29 is 0 Å². The maximum atomic E-state index is 3.33. The molecule has 0 unspecified atom stereocenters. The molecular weight excluding hydrogens is 242 g/mol. The van der Waals surface area contributed by atoms with Crippen LogP contribution in [0.2, 0.25) is 0 Å². The van der Waals surface area contributed by atoms with Crippen LogP contribution < -0.4 is 6.15 Å². The van der Waals surface area contributed by atoms with Crippen LogP contribution in [-0.2, 0) is 6.42 Å². The fourth-order valence-electron chi connectivity index (χ4n) is 2.08. The number of rotatable bonds is 3. The predicted molar refractivity (Wildman–Crippen MR) is 87.2 cm³/mol. The molecule has 0 aromatic heterocycles. The largest absolute Gasteiger partial charge is 0.344 e. The summed E-state index contributed by atoms with van der Waals surface area (Å²) in [6.45, 7) is 4.33. The van der Waals surface area contributed by atoms with Gasteiger partial charge < -0.3 is 6.15 Å². The third-order valence-electron chi connectivity index (χ3n) is 3.29. The molecule has 2 aromatic carbocycles. The molecule has 0 radical (unpaired) electrons. The highest BCUT2D eigenvalue weighted by Crippen LogP contribution is 2.12. The van der Waals surface area contributed by atoms with Gasteiger partial charge in [-0.15, -0.1) is 0 Å². The van der Waals surface area contributed by atoms with E-state index in [1.807, 2.05) is 6.07 Å². The zero-order valence-corrected chi connectivity index (χ0v) is 12.4. The monoisotopic (exact) mass is 265 g/mol. The molecule has 2 aromatic rings. The van der Waals surface area contributed by atoms with Crippen molar-refractivity contribution in [1.29, 1.82) is 0 Å². The Labute approximate surface area is 122 Å². The molecule has 3 N–H and O–H groups in total. The van der Waals surface area contributed by atoms with Crippen molar-refractivity contribution >= 4 is 0 Å². The summed E-state index contributed by atoms with van der Waals surface area (Å²) in [5, 5.41) is 0. The van der Waals surface area contributed by atoms with E-state index in [1.54, 1.807) is 0 Å². The third-order valence-corrected chi connectivity index (χ3v) is 3.29. The van der Waals surface area contributed by atoms with Gasteiger partial charge in [-0.05, 0) is 43.0 Å². The van der Waals surface area contributed by atoms with Crippen LogP contribution in [0.4, 0.5) is 0 Å². The van der Waals surface area contributed by atoms with Gasteiger partial charge in [-0.25, -0.2) is 0 Å². The van der Waals surface area contributed by atoms with E-state index in [2.05, 4.69) is 68.2 Å². The summed E-state index contributed by atoms with van der Waals surface area (Å²) < 4.78 is 0. The number of hydrogen-bond donors (Lipinski definition) is 1. The Morgan fingerprint density at radius 1 is 0.850 bits per heavy atom. The lowest BCUT2D eigenvalue weighted by atomic mass is 10.0. The highest BCUT2D eigenvalue weighted by Gasteiger charge is 1.98. The van der Waals surface area contributed by atoms with Gasteiger partial charge in [-0.1, -0.05) is 61.6 Å². The zero-order chi connectivity index (χ0) is 13.5. The molecule has 0 saturated carbocycles. The minimum absolute atomic E-state index is 0. The molecule has 1 nitrogen and oxygen atoms in total. The van der Waals surface area contributed by atoms with Crippen molar-refractivity contribution in [2.45, 2.75) is 33.1 Å². The van der Waals surface area contributed by atoms with Gasteiger partial charge in [0.15, 0.2) is 0 Å². The molecule has 0 aliphatic rings. The Hall–Kier alpha value is -2.04. The van der Waals surface area contributed by atoms with Gasteiger partial charge in [-0.3, -0.25) is 0 Å². The summed E-state index contributed by atoms with van der Waals surface area (Å²) in [6.07, 6.45) is 3.57. The topological polar surface area (TPSA) is 35.0 Å². The highest BCUT2D eigenvalue weighted by molar-refractivity contribution is 5.48. The molecule has 1 heteroatoms. The Bertz CT molecular complexity index is 602. The second-order valence-electron chi connectivity index (χ2n) is 4.83. The molecule has 0 aliphatic heterocycles. The van der Waals surface area contributed by atoms with Crippen LogP contribution in [0.3, 0.4) is 0 Å². The Kier molecular flexibility index (Phi) is 6.56. The van der Waals surface area contributed by atoms with Crippen molar-refractivity contribution in [3.63, 3.8) is 0 Å². The zero-order valence-electron chi connectivity index (χ0n) is 12.4. The number of aryl methyl sites for hydroxylation is 2. The predicted octanol–water partition coefficient (Wildman–Crippen LogP) is 4.90. The van der Waals surface area contributed by atoms with E-state index in [0.29, 0.717) is 0 Å². The van der Waals surface area contributed by atoms with E-state index in [4.69, 9.17) is 0 Å².